The lowest BCUT2D eigenvalue weighted by Crippen LogP contribution is -2.57. The van der Waals surface area contributed by atoms with Crippen molar-refractivity contribution in [2.45, 2.75) is 41.6 Å². The van der Waals surface area contributed by atoms with Gasteiger partial charge >= 0.3 is 5.97 Å². The van der Waals surface area contributed by atoms with Gasteiger partial charge in [0.2, 0.25) is 5.91 Å². The highest BCUT2D eigenvalue weighted by Crippen LogP contribution is 2.44. The number of carbonyl (C=O) groups excluding carboxylic acids is 2. The Hall–Kier alpha value is -2.63. The minimum atomic E-state index is -0.695. The van der Waals surface area contributed by atoms with E-state index in [0.29, 0.717) is 32.5 Å². The van der Waals surface area contributed by atoms with Gasteiger partial charge in [-0.3, -0.25) is 19.3 Å². The molecule has 172 valence electrons. The lowest BCUT2D eigenvalue weighted by atomic mass is 9.77. The number of methoxy groups -OCH3 is 1. The van der Waals surface area contributed by atoms with Gasteiger partial charge in [-0.15, -0.1) is 16.8 Å². The Morgan fingerprint density at radius 3 is 2.84 bits per heavy atom. The van der Waals surface area contributed by atoms with Gasteiger partial charge in [-0.05, 0) is 36.7 Å². The number of piperidine rings is 1. The minimum Gasteiger partial charge on any atom is -0.469 e. The molecule has 0 radical (unpaired) electrons. The molecule has 10 nitrogen and oxygen atoms in total. The number of rotatable bonds is 8. The molecule has 2 aliphatic heterocycles. The fourth-order valence-electron chi connectivity index (χ4n) is 4.43. The molecule has 11 heteroatoms. The quantitative estimate of drug-likeness (QED) is 0.431. The fraction of sp³-hybridized carbons (Fsp3) is 0.524. The molecule has 2 aromatic rings. The molecule has 2 fully saturated rings. The van der Waals surface area contributed by atoms with E-state index in [0.717, 1.165) is 16.0 Å². The number of aryl methyl sites for hydroxylation is 1. The monoisotopic (exact) mass is 461 g/mol. The van der Waals surface area contributed by atoms with Crippen molar-refractivity contribution in [2.75, 3.05) is 26.8 Å². The molecule has 0 N–H and O–H groups in total. The highest BCUT2D eigenvalue weighted by molar-refractivity contribution is 7.99. The van der Waals surface area contributed by atoms with Gasteiger partial charge in [-0.1, -0.05) is 6.08 Å². The van der Waals surface area contributed by atoms with Crippen LogP contribution in [-0.4, -0.2) is 68.9 Å². The Morgan fingerprint density at radius 2 is 2.19 bits per heavy atom. The van der Waals surface area contributed by atoms with Crippen LogP contribution in [0.1, 0.15) is 25.0 Å². The zero-order valence-electron chi connectivity index (χ0n) is 18.2. The summed E-state index contributed by atoms with van der Waals surface area (Å²) in [4.78, 5) is 33.1. The van der Waals surface area contributed by atoms with E-state index in [-0.39, 0.29) is 24.9 Å². The molecule has 2 saturated heterocycles. The molecule has 4 rings (SSSR count). The number of likely N-dealkylation sites (tertiary alicyclic amines) is 1. The van der Waals surface area contributed by atoms with E-state index >= 15 is 0 Å². The number of hydrogen-bond acceptors (Lipinski definition) is 9. The number of furan rings is 1. The topological polar surface area (TPSA) is 103 Å². The van der Waals surface area contributed by atoms with Crippen LogP contribution in [0.2, 0.25) is 0 Å². The number of nitrogens with zero attached hydrogens (tertiary/aromatic N) is 5. The molecular weight excluding hydrogens is 434 g/mol. The van der Waals surface area contributed by atoms with Gasteiger partial charge < -0.3 is 13.7 Å². The molecule has 0 aromatic carbocycles. The van der Waals surface area contributed by atoms with Crippen LogP contribution in [0.15, 0.2) is 45.8 Å². The fourth-order valence-corrected chi connectivity index (χ4v) is 5.18. The van der Waals surface area contributed by atoms with E-state index in [1.54, 1.807) is 12.4 Å². The van der Waals surface area contributed by atoms with Gasteiger partial charge in [0.1, 0.15) is 12.1 Å². The summed E-state index contributed by atoms with van der Waals surface area (Å²) in [7, 11) is 3.24. The second-order valence-electron chi connectivity index (χ2n) is 7.98. The van der Waals surface area contributed by atoms with Crippen molar-refractivity contribution >= 4 is 23.6 Å². The first-order valence-electron chi connectivity index (χ1n) is 10.4. The maximum Gasteiger partial charge on any atom is 0.311 e. The summed E-state index contributed by atoms with van der Waals surface area (Å²) < 4.78 is 12.8. The molecule has 4 heterocycles. The third kappa shape index (κ3) is 4.32. The van der Waals surface area contributed by atoms with Crippen LogP contribution in [-0.2, 0) is 32.8 Å². The van der Waals surface area contributed by atoms with Crippen molar-refractivity contribution in [2.24, 2.45) is 13.0 Å². The highest BCUT2D eigenvalue weighted by Gasteiger charge is 2.58. The number of ether oxygens (including phenoxy) is 1. The molecular formula is C21H27N5O5S. The van der Waals surface area contributed by atoms with Crippen LogP contribution in [0, 0.1) is 5.92 Å². The van der Waals surface area contributed by atoms with Crippen molar-refractivity contribution in [3.05, 3.63) is 36.9 Å². The van der Waals surface area contributed by atoms with Crippen LogP contribution < -0.4 is 0 Å². The molecule has 32 heavy (non-hydrogen) atoms. The standard InChI is InChI=1S/C21H27N5O5S/c1-4-11-30-26-17(27)12-16(19(28)29-3)21(26)7-9-25(10-8-21)13-15-5-6-18(31-15)32-20-23-22-14-24(20)2/h4-6,14,16H,1,7-13H2,2-3H3/t16-/m0/s1. The van der Waals surface area contributed by atoms with Crippen molar-refractivity contribution in [1.82, 2.24) is 24.7 Å². The van der Waals surface area contributed by atoms with Gasteiger partial charge in [0.25, 0.3) is 0 Å². The van der Waals surface area contributed by atoms with Crippen LogP contribution in [0.3, 0.4) is 0 Å². The molecule has 1 spiro atoms. The van der Waals surface area contributed by atoms with Crippen LogP contribution in [0.25, 0.3) is 0 Å². The van der Waals surface area contributed by atoms with Crippen LogP contribution in [0.4, 0.5) is 0 Å². The Labute approximate surface area is 190 Å². The predicted molar refractivity (Wildman–Crippen MR) is 114 cm³/mol. The summed E-state index contributed by atoms with van der Waals surface area (Å²) >= 11 is 1.42. The van der Waals surface area contributed by atoms with E-state index in [2.05, 4.69) is 21.7 Å². The number of aromatic nitrogens is 3. The highest BCUT2D eigenvalue weighted by atomic mass is 32.2. The van der Waals surface area contributed by atoms with Crippen molar-refractivity contribution in [3.8, 4) is 0 Å². The van der Waals surface area contributed by atoms with E-state index < -0.39 is 11.5 Å². The predicted octanol–water partition coefficient (Wildman–Crippen LogP) is 2.03. The van der Waals surface area contributed by atoms with Crippen LogP contribution in [0.5, 0.6) is 0 Å². The number of carbonyl (C=O) groups is 2. The Morgan fingerprint density at radius 1 is 1.41 bits per heavy atom. The number of hydroxylamine groups is 2. The van der Waals surface area contributed by atoms with Gasteiger partial charge in [0.15, 0.2) is 10.2 Å². The summed E-state index contributed by atoms with van der Waals surface area (Å²) in [6, 6.07) is 3.88. The second-order valence-corrected chi connectivity index (χ2v) is 8.95. The third-order valence-corrected chi connectivity index (χ3v) is 7.04. The van der Waals surface area contributed by atoms with Gasteiger partial charge in [-0.25, -0.2) is 5.06 Å². The molecule has 2 aromatic heterocycles. The van der Waals surface area contributed by atoms with E-state index in [4.69, 9.17) is 14.0 Å². The van der Waals surface area contributed by atoms with Gasteiger partial charge in [0.05, 0.1) is 31.7 Å². The smallest absolute Gasteiger partial charge is 0.311 e. The van der Waals surface area contributed by atoms with E-state index in [1.165, 1.54) is 23.9 Å². The minimum absolute atomic E-state index is 0.102. The summed E-state index contributed by atoms with van der Waals surface area (Å²) in [5, 5.41) is 10.8. The van der Waals surface area contributed by atoms with Gasteiger partial charge in [-0.2, -0.15) is 0 Å². The van der Waals surface area contributed by atoms with Crippen LogP contribution >= 0.6 is 11.8 Å². The summed E-state index contributed by atoms with van der Waals surface area (Å²) in [5.41, 5.74) is -0.695. The molecule has 0 bridgehead atoms. The molecule has 0 saturated carbocycles. The summed E-state index contributed by atoms with van der Waals surface area (Å²) in [6.07, 6.45) is 4.56. The molecule has 2 aliphatic rings. The van der Waals surface area contributed by atoms with E-state index in [9.17, 15) is 9.59 Å². The van der Waals surface area contributed by atoms with Gasteiger partial charge in [0, 0.05) is 26.6 Å². The van der Waals surface area contributed by atoms with E-state index in [1.807, 2.05) is 23.7 Å². The van der Waals surface area contributed by atoms with Crippen molar-refractivity contribution < 1.29 is 23.6 Å². The molecule has 1 atom stereocenters. The first kappa shape index (κ1) is 22.6. The lowest BCUT2D eigenvalue weighted by Gasteiger charge is -2.45. The van der Waals surface area contributed by atoms with Crippen molar-refractivity contribution in [1.29, 1.82) is 0 Å². The molecule has 0 aliphatic carbocycles. The lowest BCUT2D eigenvalue weighted by molar-refractivity contribution is -0.218. The number of hydrogen-bond donors (Lipinski definition) is 0. The SMILES string of the molecule is C=CCON1C(=O)C[C@@H](C(=O)OC)C12CCN(Cc1ccc(Sc3nncn3C)o1)CC2. The number of esters is 1. The molecule has 0 unspecified atom stereocenters. The summed E-state index contributed by atoms with van der Waals surface area (Å²) in [5.74, 6) is -0.248. The summed E-state index contributed by atoms with van der Waals surface area (Å²) in [6.45, 7) is 5.90. The largest absolute Gasteiger partial charge is 0.469 e. The first-order chi connectivity index (χ1) is 15.5. The number of amides is 1. The normalized spacial score (nSPS) is 20.8. The first-order valence-corrected chi connectivity index (χ1v) is 11.3. The zero-order valence-corrected chi connectivity index (χ0v) is 19.0. The average molecular weight is 462 g/mol. The average Bonchev–Trinajstić information content (AvgIpc) is 3.47. The van der Waals surface area contributed by atoms with Crippen molar-refractivity contribution in [3.63, 3.8) is 0 Å². The Balaban J connectivity index is 1.41. The third-order valence-electron chi connectivity index (χ3n) is 6.07. The molecule has 1 amide bonds. The Bertz CT molecular complexity index is 981. The second kappa shape index (κ2) is 9.47. The zero-order chi connectivity index (χ0) is 22.7. The maximum atomic E-state index is 12.6. The Kier molecular flexibility index (Phi) is 6.68. The maximum absolute atomic E-state index is 12.6.